The van der Waals surface area contributed by atoms with Crippen LogP contribution in [-0.4, -0.2) is 65.8 Å². The van der Waals surface area contributed by atoms with Gasteiger partial charge in [0.1, 0.15) is 5.75 Å². The highest BCUT2D eigenvalue weighted by molar-refractivity contribution is 5.82. The lowest BCUT2D eigenvalue weighted by Crippen LogP contribution is -2.53. The predicted molar refractivity (Wildman–Crippen MR) is 109 cm³/mol. The molecule has 0 unspecified atom stereocenters. The third kappa shape index (κ3) is 4.38. The van der Waals surface area contributed by atoms with Crippen molar-refractivity contribution in [2.75, 3.05) is 32.8 Å². The van der Waals surface area contributed by atoms with E-state index in [4.69, 9.17) is 9.47 Å². The van der Waals surface area contributed by atoms with E-state index in [2.05, 4.69) is 22.0 Å². The molecule has 1 aliphatic heterocycles. The molecular weight excluding hydrogens is 354 g/mol. The zero-order valence-corrected chi connectivity index (χ0v) is 16.5. The molecule has 1 aliphatic carbocycles. The standard InChI is InChI=1S/C22H29N3O3/c1-2-27-22(26)25-13-11-24(12-14-25)19-4-7-20(8-5-19)28-21-6-3-18-16-23-10-9-17(18)15-21/h3,6,9-10,15-16,19-20H,2,4-5,7-8,11-14H2,1H3. The summed E-state index contributed by atoms with van der Waals surface area (Å²) in [5, 5.41) is 2.31. The molecule has 0 atom stereocenters. The minimum Gasteiger partial charge on any atom is -0.490 e. The number of aromatic nitrogens is 1. The van der Waals surface area contributed by atoms with E-state index in [0.29, 0.717) is 12.6 Å². The van der Waals surface area contributed by atoms with Crippen LogP contribution in [-0.2, 0) is 4.74 Å². The largest absolute Gasteiger partial charge is 0.490 e. The highest BCUT2D eigenvalue weighted by Crippen LogP contribution is 2.28. The monoisotopic (exact) mass is 383 g/mol. The van der Waals surface area contributed by atoms with Crippen LogP contribution < -0.4 is 4.74 Å². The van der Waals surface area contributed by atoms with Crippen molar-refractivity contribution in [2.45, 2.75) is 44.8 Å². The molecule has 2 heterocycles. The van der Waals surface area contributed by atoms with Gasteiger partial charge < -0.3 is 14.4 Å². The third-order valence-corrected chi connectivity index (χ3v) is 5.92. The van der Waals surface area contributed by atoms with Crippen molar-refractivity contribution in [3.05, 3.63) is 36.7 Å². The molecule has 6 nitrogen and oxygen atoms in total. The van der Waals surface area contributed by atoms with E-state index in [9.17, 15) is 4.79 Å². The Labute approximate surface area is 166 Å². The summed E-state index contributed by atoms with van der Waals surface area (Å²) in [6.45, 7) is 5.70. The van der Waals surface area contributed by atoms with Gasteiger partial charge in [-0.1, -0.05) is 0 Å². The summed E-state index contributed by atoms with van der Waals surface area (Å²) in [6.07, 6.45) is 8.28. The van der Waals surface area contributed by atoms with Crippen molar-refractivity contribution in [1.29, 1.82) is 0 Å². The van der Waals surface area contributed by atoms with Crippen molar-refractivity contribution in [3.8, 4) is 5.75 Å². The van der Waals surface area contributed by atoms with Crippen molar-refractivity contribution in [2.24, 2.45) is 0 Å². The fourth-order valence-electron chi connectivity index (χ4n) is 4.34. The lowest BCUT2D eigenvalue weighted by atomic mass is 9.91. The van der Waals surface area contributed by atoms with Crippen molar-refractivity contribution in [3.63, 3.8) is 0 Å². The first-order chi connectivity index (χ1) is 13.7. The number of fused-ring (bicyclic) bond motifs is 1. The quantitative estimate of drug-likeness (QED) is 0.806. The summed E-state index contributed by atoms with van der Waals surface area (Å²) in [7, 11) is 0. The molecule has 150 valence electrons. The number of rotatable bonds is 4. The zero-order chi connectivity index (χ0) is 19.3. The van der Waals surface area contributed by atoms with E-state index in [1.807, 2.05) is 36.4 Å². The molecule has 0 N–H and O–H groups in total. The number of piperazine rings is 1. The molecule has 2 aromatic rings. The van der Waals surface area contributed by atoms with E-state index in [0.717, 1.165) is 63.0 Å². The topological polar surface area (TPSA) is 54.9 Å². The smallest absolute Gasteiger partial charge is 0.409 e. The van der Waals surface area contributed by atoms with Gasteiger partial charge >= 0.3 is 6.09 Å². The normalized spacial score (nSPS) is 23.5. The molecule has 6 heteroatoms. The first-order valence-corrected chi connectivity index (χ1v) is 10.4. The summed E-state index contributed by atoms with van der Waals surface area (Å²) < 4.78 is 11.4. The highest BCUT2D eigenvalue weighted by Gasteiger charge is 2.30. The van der Waals surface area contributed by atoms with Crippen LogP contribution in [0.25, 0.3) is 10.8 Å². The molecule has 0 spiro atoms. The van der Waals surface area contributed by atoms with Crippen LogP contribution in [0, 0.1) is 0 Å². The minimum absolute atomic E-state index is 0.176. The van der Waals surface area contributed by atoms with Gasteiger partial charge in [-0.2, -0.15) is 0 Å². The van der Waals surface area contributed by atoms with Crippen LogP contribution in [0.2, 0.25) is 0 Å². The van der Waals surface area contributed by atoms with Gasteiger partial charge in [-0.25, -0.2) is 4.79 Å². The fourth-order valence-corrected chi connectivity index (χ4v) is 4.34. The molecule has 1 amide bonds. The number of carbonyl (C=O) groups excluding carboxylic acids is 1. The molecule has 4 rings (SSSR count). The average Bonchev–Trinajstić information content (AvgIpc) is 2.74. The molecule has 1 saturated carbocycles. The number of hydrogen-bond acceptors (Lipinski definition) is 5. The maximum absolute atomic E-state index is 11.8. The molecule has 1 aromatic heterocycles. The summed E-state index contributed by atoms with van der Waals surface area (Å²) in [4.78, 5) is 20.4. The van der Waals surface area contributed by atoms with Crippen LogP contribution in [0.15, 0.2) is 36.7 Å². The lowest BCUT2D eigenvalue weighted by molar-refractivity contribution is 0.0431. The van der Waals surface area contributed by atoms with E-state index in [1.165, 1.54) is 5.39 Å². The molecule has 0 bridgehead atoms. The highest BCUT2D eigenvalue weighted by atomic mass is 16.6. The van der Waals surface area contributed by atoms with Crippen LogP contribution in [0.5, 0.6) is 5.75 Å². The SMILES string of the molecule is CCOC(=O)N1CCN(C2CCC(Oc3ccc4cnccc4c3)CC2)CC1. The summed E-state index contributed by atoms with van der Waals surface area (Å²) in [5.41, 5.74) is 0. The molecular formula is C22H29N3O3. The van der Waals surface area contributed by atoms with Crippen molar-refractivity contribution in [1.82, 2.24) is 14.8 Å². The van der Waals surface area contributed by atoms with Gasteiger partial charge in [-0.15, -0.1) is 0 Å². The number of carbonyl (C=O) groups is 1. The molecule has 2 fully saturated rings. The van der Waals surface area contributed by atoms with Gasteiger partial charge in [0.05, 0.1) is 12.7 Å². The maximum Gasteiger partial charge on any atom is 0.409 e. The Morgan fingerprint density at radius 1 is 1.07 bits per heavy atom. The first-order valence-electron chi connectivity index (χ1n) is 10.4. The molecule has 1 saturated heterocycles. The summed E-state index contributed by atoms with van der Waals surface area (Å²) in [5.74, 6) is 0.949. The van der Waals surface area contributed by atoms with Crippen LogP contribution in [0.4, 0.5) is 4.79 Å². The number of amides is 1. The number of benzene rings is 1. The van der Waals surface area contributed by atoms with Crippen LogP contribution >= 0.6 is 0 Å². The Balaban J connectivity index is 1.25. The molecule has 2 aliphatic rings. The van der Waals surface area contributed by atoms with Crippen LogP contribution in [0.1, 0.15) is 32.6 Å². The number of nitrogens with zero attached hydrogens (tertiary/aromatic N) is 3. The third-order valence-electron chi connectivity index (χ3n) is 5.92. The van der Waals surface area contributed by atoms with Crippen molar-refractivity contribution >= 4 is 16.9 Å². The Morgan fingerprint density at radius 2 is 1.86 bits per heavy atom. The van der Waals surface area contributed by atoms with Crippen molar-refractivity contribution < 1.29 is 14.3 Å². The van der Waals surface area contributed by atoms with Gasteiger partial charge in [0, 0.05) is 50.0 Å². The van der Waals surface area contributed by atoms with Crippen LogP contribution in [0.3, 0.4) is 0 Å². The van der Waals surface area contributed by atoms with Gasteiger partial charge in [0.2, 0.25) is 0 Å². The number of ether oxygens (including phenoxy) is 2. The second kappa shape index (κ2) is 8.78. The van der Waals surface area contributed by atoms with E-state index in [-0.39, 0.29) is 12.2 Å². The summed E-state index contributed by atoms with van der Waals surface area (Å²) in [6, 6.07) is 8.86. The second-order valence-electron chi connectivity index (χ2n) is 7.65. The molecule has 0 radical (unpaired) electrons. The Bertz CT molecular complexity index is 796. The Morgan fingerprint density at radius 3 is 2.61 bits per heavy atom. The average molecular weight is 383 g/mol. The maximum atomic E-state index is 11.8. The van der Waals surface area contributed by atoms with E-state index < -0.39 is 0 Å². The first kappa shape index (κ1) is 19.0. The van der Waals surface area contributed by atoms with Gasteiger partial charge in [0.15, 0.2) is 0 Å². The second-order valence-corrected chi connectivity index (χ2v) is 7.65. The zero-order valence-electron chi connectivity index (χ0n) is 16.5. The Hall–Kier alpha value is -2.34. The molecule has 1 aromatic carbocycles. The van der Waals surface area contributed by atoms with E-state index >= 15 is 0 Å². The van der Waals surface area contributed by atoms with Gasteiger partial charge in [0.25, 0.3) is 0 Å². The molecule has 28 heavy (non-hydrogen) atoms. The summed E-state index contributed by atoms with van der Waals surface area (Å²) >= 11 is 0. The Kier molecular flexibility index (Phi) is 5.95. The lowest BCUT2D eigenvalue weighted by Gasteiger charge is -2.41. The minimum atomic E-state index is -0.176. The van der Waals surface area contributed by atoms with E-state index in [1.54, 1.807) is 0 Å². The van der Waals surface area contributed by atoms with Gasteiger partial charge in [-0.3, -0.25) is 9.88 Å². The number of hydrogen-bond donors (Lipinski definition) is 0. The predicted octanol–water partition coefficient (Wildman–Crippen LogP) is 3.70. The number of pyridine rings is 1. The van der Waals surface area contributed by atoms with Gasteiger partial charge in [-0.05, 0) is 62.3 Å². The fraction of sp³-hybridized carbons (Fsp3) is 0.545.